The lowest BCUT2D eigenvalue weighted by Gasteiger charge is -2.30. The summed E-state index contributed by atoms with van der Waals surface area (Å²) in [5, 5.41) is 5.10. The Balaban J connectivity index is 2.34. The van der Waals surface area contributed by atoms with Crippen LogP contribution in [0.25, 0.3) is 0 Å². The second-order valence-corrected chi connectivity index (χ2v) is 5.55. The summed E-state index contributed by atoms with van der Waals surface area (Å²) in [6.45, 7) is 8.11. The summed E-state index contributed by atoms with van der Waals surface area (Å²) in [5.74, 6) is -1.17. The first-order chi connectivity index (χ1) is 8.69. The average molecular weight is 271 g/mol. The molecule has 1 saturated heterocycles. The van der Waals surface area contributed by atoms with Crippen molar-refractivity contribution >= 4 is 17.9 Å². The molecule has 1 atom stereocenters. The van der Waals surface area contributed by atoms with Crippen LogP contribution in [0.5, 0.6) is 0 Å². The first-order valence-electron chi connectivity index (χ1n) is 6.25. The molecule has 1 rings (SSSR count). The van der Waals surface area contributed by atoms with Crippen molar-refractivity contribution in [1.29, 1.82) is 0 Å². The van der Waals surface area contributed by atoms with E-state index in [1.165, 1.54) is 4.90 Å². The molecule has 19 heavy (non-hydrogen) atoms. The molecule has 1 aliphatic rings. The van der Waals surface area contributed by atoms with Crippen molar-refractivity contribution in [2.45, 2.75) is 39.3 Å². The van der Waals surface area contributed by atoms with Crippen LogP contribution < -0.4 is 10.6 Å². The molecule has 0 aromatic carbocycles. The molecule has 3 amide bonds. The van der Waals surface area contributed by atoms with E-state index >= 15 is 0 Å². The lowest BCUT2D eigenvalue weighted by Crippen LogP contribution is -2.57. The van der Waals surface area contributed by atoms with Crippen LogP contribution in [0, 0.1) is 0 Å². The molecule has 0 aromatic heterocycles. The SMILES string of the molecule is CC1CN(CCNC(=O)OC(C)(C)C)C(=O)C(=O)N1. The predicted octanol–water partition coefficient (Wildman–Crippen LogP) is -0.142. The van der Waals surface area contributed by atoms with Gasteiger partial charge in [-0.25, -0.2) is 4.79 Å². The number of carbonyl (C=O) groups excluding carboxylic acids is 3. The van der Waals surface area contributed by atoms with Gasteiger partial charge in [-0.1, -0.05) is 0 Å². The van der Waals surface area contributed by atoms with Gasteiger partial charge in [0.15, 0.2) is 0 Å². The van der Waals surface area contributed by atoms with Gasteiger partial charge in [-0.2, -0.15) is 0 Å². The maximum atomic E-state index is 11.5. The molecule has 0 bridgehead atoms. The smallest absolute Gasteiger partial charge is 0.407 e. The van der Waals surface area contributed by atoms with Crippen molar-refractivity contribution in [3.63, 3.8) is 0 Å². The number of hydrogen-bond acceptors (Lipinski definition) is 4. The fraction of sp³-hybridized carbons (Fsp3) is 0.750. The standard InChI is InChI=1S/C12H21N3O4/c1-8-7-15(10(17)9(16)14-8)6-5-13-11(18)19-12(2,3)4/h8H,5-7H2,1-4H3,(H,13,18)(H,14,16). The van der Waals surface area contributed by atoms with Crippen molar-refractivity contribution < 1.29 is 19.1 Å². The Labute approximate surface area is 112 Å². The number of ether oxygens (including phenoxy) is 1. The predicted molar refractivity (Wildman–Crippen MR) is 68.4 cm³/mol. The van der Waals surface area contributed by atoms with E-state index in [0.717, 1.165) is 0 Å². The highest BCUT2D eigenvalue weighted by molar-refractivity contribution is 6.35. The Hall–Kier alpha value is -1.79. The van der Waals surface area contributed by atoms with Crippen LogP contribution in [-0.4, -0.2) is 54.1 Å². The van der Waals surface area contributed by atoms with Gasteiger partial charge in [-0.3, -0.25) is 9.59 Å². The molecule has 7 nitrogen and oxygen atoms in total. The minimum absolute atomic E-state index is 0.0771. The normalized spacial score (nSPS) is 20.0. The van der Waals surface area contributed by atoms with Gasteiger partial charge in [0.2, 0.25) is 0 Å². The third kappa shape index (κ3) is 5.15. The Kier molecular flexibility index (Phi) is 4.74. The number of alkyl carbamates (subject to hydrolysis) is 1. The van der Waals surface area contributed by atoms with Gasteiger partial charge in [0, 0.05) is 25.7 Å². The van der Waals surface area contributed by atoms with Crippen LogP contribution in [0.3, 0.4) is 0 Å². The summed E-state index contributed by atoms with van der Waals surface area (Å²) >= 11 is 0. The second-order valence-electron chi connectivity index (χ2n) is 5.55. The molecule has 0 aliphatic carbocycles. The quantitative estimate of drug-likeness (QED) is 0.699. The second kappa shape index (κ2) is 5.90. The van der Waals surface area contributed by atoms with Crippen molar-refractivity contribution in [3.8, 4) is 0 Å². The van der Waals surface area contributed by atoms with Crippen LogP contribution in [0.2, 0.25) is 0 Å². The summed E-state index contributed by atoms with van der Waals surface area (Å²) in [5.41, 5.74) is -0.556. The molecule has 2 N–H and O–H groups in total. The van der Waals surface area contributed by atoms with E-state index in [4.69, 9.17) is 4.74 Å². The highest BCUT2D eigenvalue weighted by atomic mass is 16.6. The van der Waals surface area contributed by atoms with Gasteiger partial charge < -0.3 is 20.3 Å². The van der Waals surface area contributed by atoms with Gasteiger partial charge in [0.1, 0.15) is 5.60 Å². The highest BCUT2D eigenvalue weighted by Crippen LogP contribution is 2.06. The van der Waals surface area contributed by atoms with E-state index in [-0.39, 0.29) is 19.1 Å². The Bertz CT molecular complexity index is 376. The number of amides is 3. The minimum Gasteiger partial charge on any atom is -0.444 e. The maximum Gasteiger partial charge on any atom is 0.407 e. The maximum absolute atomic E-state index is 11.5. The van der Waals surface area contributed by atoms with Gasteiger partial charge in [-0.05, 0) is 27.7 Å². The zero-order chi connectivity index (χ0) is 14.6. The monoisotopic (exact) mass is 271 g/mol. The average Bonchev–Trinajstić information content (AvgIpc) is 2.22. The summed E-state index contributed by atoms with van der Waals surface area (Å²) in [6, 6.07) is -0.0771. The van der Waals surface area contributed by atoms with E-state index in [0.29, 0.717) is 6.54 Å². The molecule has 1 heterocycles. The molecular weight excluding hydrogens is 250 g/mol. The molecule has 108 valence electrons. The van der Waals surface area contributed by atoms with Gasteiger partial charge in [-0.15, -0.1) is 0 Å². The number of hydrogen-bond donors (Lipinski definition) is 2. The van der Waals surface area contributed by atoms with Crippen LogP contribution in [0.4, 0.5) is 4.79 Å². The molecule has 1 aliphatic heterocycles. The van der Waals surface area contributed by atoms with Crippen molar-refractivity contribution in [3.05, 3.63) is 0 Å². The van der Waals surface area contributed by atoms with E-state index in [1.807, 2.05) is 6.92 Å². The Morgan fingerprint density at radius 2 is 2.11 bits per heavy atom. The van der Waals surface area contributed by atoms with E-state index < -0.39 is 23.5 Å². The van der Waals surface area contributed by atoms with Crippen LogP contribution in [-0.2, 0) is 14.3 Å². The topological polar surface area (TPSA) is 87.7 Å². The molecule has 1 fully saturated rings. The number of rotatable bonds is 3. The molecule has 0 saturated carbocycles. The summed E-state index contributed by atoms with van der Waals surface area (Å²) in [6.07, 6.45) is -0.533. The molecule has 0 radical (unpaired) electrons. The van der Waals surface area contributed by atoms with Gasteiger partial charge in [0.05, 0.1) is 0 Å². The fourth-order valence-electron chi connectivity index (χ4n) is 1.69. The molecule has 0 spiro atoms. The van der Waals surface area contributed by atoms with E-state index in [2.05, 4.69) is 10.6 Å². The highest BCUT2D eigenvalue weighted by Gasteiger charge is 2.29. The Morgan fingerprint density at radius 3 is 2.68 bits per heavy atom. The van der Waals surface area contributed by atoms with E-state index in [1.54, 1.807) is 20.8 Å². The first kappa shape index (κ1) is 15.3. The third-order valence-corrected chi connectivity index (χ3v) is 2.40. The number of carbonyl (C=O) groups is 3. The number of nitrogens with one attached hydrogen (secondary N) is 2. The largest absolute Gasteiger partial charge is 0.444 e. The fourth-order valence-corrected chi connectivity index (χ4v) is 1.69. The summed E-state index contributed by atoms with van der Waals surface area (Å²) < 4.78 is 5.06. The summed E-state index contributed by atoms with van der Waals surface area (Å²) in [4.78, 5) is 35.6. The summed E-state index contributed by atoms with van der Waals surface area (Å²) in [7, 11) is 0. The van der Waals surface area contributed by atoms with Crippen LogP contribution >= 0.6 is 0 Å². The van der Waals surface area contributed by atoms with Crippen molar-refractivity contribution in [2.75, 3.05) is 19.6 Å². The number of nitrogens with zero attached hydrogens (tertiary/aromatic N) is 1. The Morgan fingerprint density at radius 1 is 1.47 bits per heavy atom. The van der Waals surface area contributed by atoms with Gasteiger partial charge >= 0.3 is 17.9 Å². The lowest BCUT2D eigenvalue weighted by molar-refractivity contribution is -0.149. The number of piperazine rings is 1. The molecule has 7 heteroatoms. The first-order valence-corrected chi connectivity index (χ1v) is 6.25. The zero-order valence-corrected chi connectivity index (χ0v) is 11.8. The minimum atomic E-state index is -0.601. The lowest BCUT2D eigenvalue weighted by atomic mass is 10.2. The van der Waals surface area contributed by atoms with Crippen molar-refractivity contribution in [1.82, 2.24) is 15.5 Å². The zero-order valence-electron chi connectivity index (χ0n) is 11.8. The van der Waals surface area contributed by atoms with Crippen LogP contribution in [0.15, 0.2) is 0 Å². The van der Waals surface area contributed by atoms with Gasteiger partial charge in [0.25, 0.3) is 0 Å². The van der Waals surface area contributed by atoms with E-state index in [9.17, 15) is 14.4 Å². The van der Waals surface area contributed by atoms with Crippen LogP contribution in [0.1, 0.15) is 27.7 Å². The van der Waals surface area contributed by atoms with Crippen molar-refractivity contribution in [2.24, 2.45) is 0 Å². The molecular formula is C12H21N3O4. The molecule has 0 aromatic rings. The third-order valence-electron chi connectivity index (χ3n) is 2.40. The molecule has 1 unspecified atom stereocenters.